The number of nitrogens with one attached hydrogen (secondary N) is 2. The van der Waals surface area contributed by atoms with Crippen LogP contribution in [0, 0.1) is 19.8 Å². The first kappa shape index (κ1) is 12.2. The molecule has 17 heavy (non-hydrogen) atoms. The summed E-state index contributed by atoms with van der Waals surface area (Å²) in [4.78, 5) is 11.9. The minimum absolute atomic E-state index is 0.124. The molecule has 0 atom stereocenters. The van der Waals surface area contributed by atoms with Gasteiger partial charge in [-0.1, -0.05) is 0 Å². The van der Waals surface area contributed by atoms with Crippen LogP contribution in [0.25, 0.3) is 0 Å². The molecule has 1 aromatic heterocycles. The summed E-state index contributed by atoms with van der Waals surface area (Å²) in [7, 11) is 0. The lowest BCUT2D eigenvalue weighted by Gasteiger charge is -2.22. The monoisotopic (exact) mass is 235 g/mol. The Bertz CT molecular complexity index is 372. The minimum Gasteiger partial charge on any atom is -0.317 e. The van der Waals surface area contributed by atoms with Crippen molar-refractivity contribution in [2.45, 2.75) is 33.1 Å². The highest BCUT2D eigenvalue weighted by Gasteiger charge is 2.17. The van der Waals surface area contributed by atoms with Gasteiger partial charge in [-0.2, -0.15) is 0 Å². The van der Waals surface area contributed by atoms with Crippen molar-refractivity contribution in [2.75, 3.05) is 18.5 Å². The Morgan fingerprint density at radius 1 is 1.35 bits per heavy atom. The standard InChI is InChI=1S/C13H21N3O/c1-10-3-4-11(2)16(10)15-13(17)9-12-5-7-14-8-6-12/h3-4,12,14H,5-9H2,1-2H3,(H,15,17). The third kappa shape index (κ3) is 3.09. The molecule has 0 aromatic carbocycles. The zero-order valence-electron chi connectivity index (χ0n) is 10.6. The first-order chi connectivity index (χ1) is 8.16. The van der Waals surface area contributed by atoms with Crippen molar-refractivity contribution >= 4 is 5.91 Å². The van der Waals surface area contributed by atoms with Gasteiger partial charge in [-0.3, -0.25) is 14.9 Å². The largest absolute Gasteiger partial charge is 0.317 e. The lowest BCUT2D eigenvalue weighted by Crippen LogP contribution is -2.32. The van der Waals surface area contributed by atoms with Crippen molar-refractivity contribution in [1.29, 1.82) is 0 Å². The summed E-state index contributed by atoms with van der Waals surface area (Å²) in [5, 5.41) is 3.31. The average molecular weight is 235 g/mol. The van der Waals surface area contributed by atoms with Crippen molar-refractivity contribution in [3.05, 3.63) is 23.5 Å². The van der Waals surface area contributed by atoms with Crippen LogP contribution in [0.1, 0.15) is 30.7 Å². The SMILES string of the molecule is Cc1ccc(C)n1NC(=O)CC1CCNCC1. The normalized spacial score (nSPS) is 17.1. The van der Waals surface area contributed by atoms with E-state index >= 15 is 0 Å². The van der Waals surface area contributed by atoms with E-state index in [0.717, 1.165) is 37.3 Å². The fourth-order valence-corrected chi connectivity index (χ4v) is 2.36. The lowest BCUT2D eigenvalue weighted by molar-refractivity contribution is -0.118. The molecule has 0 saturated carbocycles. The molecule has 1 amide bonds. The topological polar surface area (TPSA) is 46.1 Å². The van der Waals surface area contributed by atoms with Crippen LogP contribution in [-0.2, 0) is 4.79 Å². The Kier molecular flexibility index (Phi) is 3.84. The third-order valence-corrected chi connectivity index (χ3v) is 3.44. The number of aromatic nitrogens is 1. The van der Waals surface area contributed by atoms with Crippen molar-refractivity contribution in [1.82, 2.24) is 9.99 Å². The Morgan fingerprint density at radius 2 is 1.94 bits per heavy atom. The average Bonchev–Trinajstić information content (AvgIpc) is 2.62. The third-order valence-electron chi connectivity index (χ3n) is 3.44. The van der Waals surface area contributed by atoms with Crippen LogP contribution in [0.4, 0.5) is 0 Å². The molecule has 4 nitrogen and oxygen atoms in total. The second kappa shape index (κ2) is 5.36. The molecule has 1 aliphatic heterocycles. The summed E-state index contributed by atoms with van der Waals surface area (Å²) in [6.45, 7) is 6.08. The van der Waals surface area contributed by atoms with Crippen LogP contribution in [0.15, 0.2) is 12.1 Å². The van der Waals surface area contributed by atoms with Gasteiger partial charge in [0.15, 0.2) is 0 Å². The van der Waals surface area contributed by atoms with E-state index in [1.807, 2.05) is 30.7 Å². The molecule has 1 aliphatic rings. The fraction of sp³-hybridized carbons (Fsp3) is 0.615. The van der Waals surface area contributed by atoms with E-state index in [9.17, 15) is 4.79 Å². The van der Waals surface area contributed by atoms with E-state index in [4.69, 9.17) is 0 Å². The maximum atomic E-state index is 11.9. The number of nitrogens with zero attached hydrogens (tertiary/aromatic N) is 1. The number of piperidine rings is 1. The van der Waals surface area contributed by atoms with E-state index in [1.54, 1.807) is 0 Å². The zero-order chi connectivity index (χ0) is 12.3. The van der Waals surface area contributed by atoms with E-state index in [1.165, 1.54) is 0 Å². The van der Waals surface area contributed by atoms with Crippen molar-refractivity contribution in [3.63, 3.8) is 0 Å². The molecule has 2 rings (SSSR count). The number of rotatable bonds is 3. The molecule has 1 fully saturated rings. The Labute approximate surface area is 102 Å². The molecule has 1 aromatic rings. The highest BCUT2D eigenvalue weighted by atomic mass is 16.2. The quantitative estimate of drug-likeness (QED) is 0.835. The number of amides is 1. The van der Waals surface area contributed by atoms with Gasteiger partial charge in [-0.25, -0.2) is 0 Å². The van der Waals surface area contributed by atoms with Crippen LogP contribution in [-0.4, -0.2) is 23.7 Å². The summed E-state index contributed by atoms with van der Waals surface area (Å²) < 4.78 is 1.86. The molecule has 4 heteroatoms. The van der Waals surface area contributed by atoms with Gasteiger partial charge in [0.1, 0.15) is 0 Å². The summed E-state index contributed by atoms with van der Waals surface area (Å²) in [6, 6.07) is 4.03. The summed E-state index contributed by atoms with van der Waals surface area (Å²) in [6.07, 6.45) is 2.85. The first-order valence-corrected chi connectivity index (χ1v) is 6.32. The Morgan fingerprint density at radius 3 is 2.53 bits per heavy atom. The predicted octanol–water partition coefficient (Wildman–Crippen LogP) is 1.56. The molecule has 1 saturated heterocycles. The lowest BCUT2D eigenvalue weighted by atomic mass is 9.94. The molecule has 0 spiro atoms. The second-order valence-electron chi connectivity index (χ2n) is 4.88. The molecular formula is C13H21N3O. The molecule has 2 heterocycles. The van der Waals surface area contributed by atoms with Crippen LogP contribution in [0.2, 0.25) is 0 Å². The first-order valence-electron chi connectivity index (χ1n) is 6.32. The molecule has 0 bridgehead atoms. The Hall–Kier alpha value is -1.29. The minimum atomic E-state index is 0.124. The van der Waals surface area contributed by atoms with Gasteiger partial charge in [0, 0.05) is 17.8 Å². The summed E-state index contributed by atoms with van der Waals surface area (Å²) >= 11 is 0. The van der Waals surface area contributed by atoms with E-state index < -0.39 is 0 Å². The highest BCUT2D eigenvalue weighted by Crippen LogP contribution is 2.16. The summed E-state index contributed by atoms with van der Waals surface area (Å²) in [5.74, 6) is 0.659. The molecule has 2 N–H and O–H groups in total. The Balaban J connectivity index is 1.88. The molecule has 0 radical (unpaired) electrons. The molecular weight excluding hydrogens is 214 g/mol. The fourth-order valence-electron chi connectivity index (χ4n) is 2.36. The molecule has 0 unspecified atom stereocenters. The maximum absolute atomic E-state index is 11.9. The van der Waals surface area contributed by atoms with Crippen LogP contribution >= 0.6 is 0 Å². The highest BCUT2D eigenvalue weighted by molar-refractivity contribution is 5.84. The van der Waals surface area contributed by atoms with Crippen molar-refractivity contribution in [2.24, 2.45) is 5.92 Å². The van der Waals surface area contributed by atoms with Crippen molar-refractivity contribution < 1.29 is 4.79 Å². The van der Waals surface area contributed by atoms with Crippen LogP contribution in [0.3, 0.4) is 0 Å². The van der Waals surface area contributed by atoms with Gasteiger partial charge in [0.25, 0.3) is 0 Å². The van der Waals surface area contributed by atoms with E-state index in [2.05, 4.69) is 10.7 Å². The predicted molar refractivity (Wildman–Crippen MR) is 68.5 cm³/mol. The van der Waals surface area contributed by atoms with Crippen LogP contribution < -0.4 is 10.7 Å². The van der Waals surface area contributed by atoms with Gasteiger partial charge in [-0.15, -0.1) is 0 Å². The number of aryl methyl sites for hydroxylation is 2. The number of hydrogen-bond acceptors (Lipinski definition) is 2. The smallest absolute Gasteiger partial charge is 0.239 e. The van der Waals surface area contributed by atoms with Gasteiger partial charge in [0.2, 0.25) is 5.91 Å². The number of carbonyl (C=O) groups is 1. The van der Waals surface area contributed by atoms with Crippen molar-refractivity contribution in [3.8, 4) is 0 Å². The molecule has 94 valence electrons. The van der Waals surface area contributed by atoms with E-state index in [-0.39, 0.29) is 5.91 Å². The zero-order valence-corrected chi connectivity index (χ0v) is 10.6. The molecule has 0 aliphatic carbocycles. The number of carbonyl (C=O) groups excluding carboxylic acids is 1. The van der Waals surface area contributed by atoms with E-state index in [0.29, 0.717) is 12.3 Å². The van der Waals surface area contributed by atoms with Gasteiger partial charge in [-0.05, 0) is 57.8 Å². The van der Waals surface area contributed by atoms with Gasteiger partial charge < -0.3 is 5.32 Å². The second-order valence-corrected chi connectivity index (χ2v) is 4.88. The van der Waals surface area contributed by atoms with Crippen LogP contribution in [0.5, 0.6) is 0 Å². The van der Waals surface area contributed by atoms with Gasteiger partial charge >= 0.3 is 0 Å². The number of hydrogen-bond donors (Lipinski definition) is 2. The summed E-state index contributed by atoms with van der Waals surface area (Å²) in [5.41, 5.74) is 5.10. The maximum Gasteiger partial charge on any atom is 0.239 e. The van der Waals surface area contributed by atoms with Gasteiger partial charge in [0.05, 0.1) is 0 Å².